The zero-order valence-electron chi connectivity index (χ0n) is 10.4. The predicted molar refractivity (Wildman–Crippen MR) is 69.1 cm³/mol. The molecule has 0 radical (unpaired) electrons. The SMILES string of the molecule is CCOC(=O)c1nn(-c2nc(C)c(C)s2)cc1N. The van der Waals surface area contributed by atoms with Crippen LogP contribution in [0.3, 0.4) is 0 Å². The Morgan fingerprint density at radius 3 is 2.83 bits per heavy atom. The van der Waals surface area contributed by atoms with E-state index in [4.69, 9.17) is 10.5 Å². The molecule has 0 atom stereocenters. The Morgan fingerprint density at radius 2 is 2.28 bits per heavy atom. The zero-order chi connectivity index (χ0) is 13.3. The van der Waals surface area contributed by atoms with Crippen molar-refractivity contribution in [3.8, 4) is 5.13 Å². The van der Waals surface area contributed by atoms with Crippen molar-refractivity contribution in [2.75, 3.05) is 12.3 Å². The van der Waals surface area contributed by atoms with Gasteiger partial charge in [-0.1, -0.05) is 11.3 Å². The fraction of sp³-hybridized carbons (Fsp3) is 0.364. The van der Waals surface area contributed by atoms with E-state index in [0.29, 0.717) is 17.4 Å². The first-order valence-electron chi connectivity index (χ1n) is 5.49. The number of carbonyl (C=O) groups excluding carboxylic acids is 1. The summed E-state index contributed by atoms with van der Waals surface area (Å²) in [4.78, 5) is 17.0. The number of aromatic nitrogens is 3. The van der Waals surface area contributed by atoms with Crippen molar-refractivity contribution in [3.63, 3.8) is 0 Å². The molecule has 0 saturated heterocycles. The van der Waals surface area contributed by atoms with Gasteiger partial charge in [-0.2, -0.15) is 5.10 Å². The largest absolute Gasteiger partial charge is 0.461 e. The van der Waals surface area contributed by atoms with Crippen LogP contribution in [-0.4, -0.2) is 27.3 Å². The summed E-state index contributed by atoms with van der Waals surface area (Å²) in [7, 11) is 0. The van der Waals surface area contributed by atoms with E-state index in [2.05, 4.69) is 10.1 Å². The Bertz CT molecular complexity index is 568. The topological polar surface area (TPSA) is 83.0 Å². The van der Waals surface area contributed by atoms with Crippen molar-refractivity contribution in [1.82, 2.24) is 14.8 Å². The fourth-order valence-corrected chi connectivity index (χ4v) is 2.23. The Kier molecular flexibility index (Phi) is 3.33. The van der Waals surface area contributed by atoms with Crippen LogP contribution in [0, 0.1) is 13.8 Å². The highest BCUT2D eigenvalue weighted by Gasteiger charge is 2.18. The first-order valence-corrected chi connectivity index (χ1v) is 6.31. The molecule has 0 aliphatic rings. The molecule has 0 aliphatic heterocycles. The molecule has 0 aliphatic carbocycles. The molecule has 0 saturated carbocycles. The van der Waals surface area contributed by atoms with Crippen LogP contribution in [0.2, 0.25) is 0 Å². The van der Waals surface area contributed by atoms with Gasteiger partial charge in [0, 0.05) is 4.88 Å². The summed E-state index contributed by atoms with van der Waals surface area (Å²) < 4.78 is 6.38. The van der Waals surface area contributed by atoms with Crippen molar-refractivity contribution in [3.05, 3.63) is 22.5 Å². The highest BCUT2D eigenvalue weighted by Crippen LogP contribution is 2.22. The van der Waals surface area contributed by atoms with Crippen LogP contribution in [-0.2, 0) is 4.74 Å². The standard InChI is InChI=1S/C11H14N4O2S/c1-4-17-10(16)9-8(12)5-15(14-9)11-13-6(2)7(3)18-11/h5H,4,12H2,1-3H3. The second kappa shape index (κ2) is 4.77. The van der Waals surface area contributed by atoms with Gasteiger partial charge in [0.2, 0.25) is 5.13 Å². The van der Waals surface area contributed by atoms with Crippen molar-refractivity contribution in [2.24, 2.45) is 0 Å². The maximum atomic E-state index is 11.6. The zero-order valence-corrected chi connectivity index (χ0v) is 11.2. The number of hydrogen-bond donors (Lipinski definition) is 1. The lowest BCUT2D eigenvalue weighted by Gasteiger charge is -1.97. The molecule has 2 heterocycles. The molecule has 2 aromatic rings. The van der Waals surface area contributed by atoms with Crippen molar-refractivity contribution in [1.29, 1.82) is 0 Å². The summed E-state index contributed by atoms with van der Waals surface area (Å²) in [5, 5.41) is 4.81. The van der Waals surface area contributed by atoms with E-state index in [9.17, 15) is 4.79 Å². The summed E-state index contributed by atoms with van der Waals surface area (Å²) in [5.74, 6) is -0.515. The molecule has 2 rings (SSSR count). The maximum Gasteiger partial charge on any atom is 0.361 e. The second-order valence-corrected chi connectivity index (χ2v) is 4.92. The van der Waals surface area contributed by atoms with Gasteiger partial charge in [0.25, 0.3) is 0 Å². The molecule has 7 heteroatoms. The van der Waals surface area contributed by atoms with Gasteiger partial charge in [-0.25, -0.2) is 14.5 Å². The number of aryl methyl sites for hydroxylation is 2. The van der Waals surface area contributed by atoms with E-state index in [-0.39, 0.29) is 5.69 Å². The van der Waals surface area contributed by atoms with Gasteiger partial charge in [0.1, 0.15) is 0 Å². The van der Waals surface area contributed by atoms with Crippen molar-refractivity contribution >= 4 is 23.0 Å². The smallest absolute Gasteiger partial charge is 0.361 e. The third-order valence-corrected chi connectivity index (χ3v) is 3.49. The van der Waals surface area contributed by atoms with Crippen LogP contribution in [0.25, 0.3) is 5.13 Å². The molecule has 0 bridgehead atoms. The van der Waals surface area contributed by atoms with Crippen LogP contribution >= 0.6 is 11.3 Å². The number of esters is 1. The molecule has 96 valence electrons. The summed E-state index contributed by atoms with van der Waals surface area (Å²) in [6.45, 7) is 5.93. The van der Waals surface area contributed by atoms with E-state index >= 15 is 0 Å². The lowest BCUT2D eigenvalue weighted by molar-refractivity contribution is 0.0520. The van der Waals surface area contributed by atoms with E-state index in [0.717, 1.165) is 10.6 Å². The molecule has 0 amide bonds. The van der Waals surface area contributed by atoms with Crippen molar-refractivity contribution in [2.45, 2.75) is 20.8 Å². The number of nitrogens with two attached hydrogens (primary N) is 1. The average molecular weight is 266 g/mol. The lowest BCUT2D eigenvalue weighted by Crippen LogP contribution is -2.08. The molecule has 0 spiro atoms. The summed E-state index contributed by atoms with van der Waals surface area (Å²) in [5.41, 5.74) is 7.11. The number of ether oxygens (including phenoxy) is 1. The molecular formula is C11H14N4O2S. The number of rotatable bonds is 3. The Hall–Kier alpha value is -1.89. The van der Waals surface area contributed by atoms with Crippen LogP contribution in [0.1, 0.15) is 28.0 Å². The number of nitrogens with zero attached hydrogens (tertiary/aromatic N) is 3. The number of carbonyl (C=O) groups is 1. The van der Waals surface area contributed by atoms with Gasteiger partial charge >= 0.3 is 5.97 Å². The molecule has 0 fully saturated rings. The van der Waals surface area contributed by atoms with E-state index in [1.807, 2.05) is 13.8 Å². The first kappa shape index (κ1) is 12.6. The predicted octanol–water partition coefficient (Wildman–Crippen LogP) is 1.70. The summed E-state index contributed by atoms with van der Waals surface area (Å²) in [6.07, 6.45) is 1.57. The second-order valence-electron chi connectivity index (χ2n) is 3.74. The highest BCUT2D eigenvalue weighted by atomic mass is 32.1. The van der Waals surface area contributed by atoms with Gasteiger partial charge in [-0.3, -0.25) is 0 Å². The molecule has 18 heavy (non-hydrogen) atoms. The van der Waals surface area contributed by atoms with Gasteiger partial charge in [-0.05, 0) is 20.8 Å². The molecule has 6 nitrogen and oxygen atoms in total. The molecular weight excluding hydrogens is 252 g/mol. The summed E-state index contributed by atoms with van der Waals surface area (Å²) >= 11 is 1.50. The number of thiazole rings is 1. The van der Waals surface area contributed by atoms with E-state index < -0.39 is 5.97 Å². The number of anilines is 1. The third kappa shape index (κ3) is 2.21. The number of nitrogen functional groups attached to an aromatic ring is 1. The van der Waals surface area contributed by atoms with Crippen LogP contribution in [0.15, 0.2) is 6.20 Å². The number of hydrogen-bond acceptors (Lipinski definition) is 6. The van der Waals surface area contributed by atoms with Gasteiger partial charge in [-0.15, -0.1) is 0 Å². The third-order valence-electron chi connectivity index (χ3n) is 2.42. The maximum absolute atomic E-state index is 11.6. The normalized spacial score (nSPS) is 10.6. The van der Waals surface area contributed by atoms with Crippen molar-refractivity contribution < 1.29 is 9.53 Å². The highest BCUT2D eigenvalue weighted by molar-refractivity contribution is 7.14. The Balaban J connectivity index is 2.36. The average Bonchev–Trinajstić information content (AvgIpc) is 2.84. The molecule has 2 aromatic heterocycles. The Labute approximate surface area is 108 Å². The molecule has 2 N–H and O–H groups in total. The fourth-order valence-electron chi connectivity index (χ4n) is 1.40. The van der Waals surface area contributed by atoms with E-state index in [1.165, 1.54) is 16.0 Å². The first-order chi connectivity index (χ1) is 8.52. The van der Waals surface area contributed by atoms with E-state index in [1.54, 1.807) is 13.1 Å². The van der Waals surface area contributed by atoms with Gasteiger partial charge in [0.15, 0.2) is 5.69 Å². The van der Waals surface area contributed by atoms with Crippen LogP contribution in [0.4, 0.5) is 5.69 Å². The quantitative estimate of drug-likeness (QED) is 0.855. The minimum atomic E-state index is -0.515. The minimum Gasteiger partial charge on any atom is -0.461 e. The molecule has 0 aromatic carbocycles. The molecule has 0 unspecified atom stereocenters. The summed E-state index contributed by atoms with van der Waals surface area (Å²) in [6, 6.07) is 0. The van der Waals surface area contributed by atoms with Gasteiger partial charge < -0.3 is 10.5 Å². The lowest BCUT2D eigenvalue weighted by atomic mass is 10.4. The van der Waals surface area contributed by atoms with Crippen LogP contribution in [0.5, 0.6) is 0 Å². The van der Waals surface area contributed by atoms with Crippen LogP contribution < -0.4 is 5.73 Å². The minimum absolute atomic E-state index is 0.127. The Morgan fingerprint density at radius 1 is 1.56 bits per heavy atom. The monoisotopic (exact) mass is 266 g/mol. The van der Waals surface area contributed by atoms with Gasteiger partial charge in [0.05, 0.1) is 24.2 Å².